The van der Waals surface area contributed by atoms with Gasteiger partial charge < -0.3 is 4.74 Å². The van der Waals surface area contributed by atoms with E-state index in [9.17, 15) is 9.18 Å². The van der Waals surface area contributed by atoms with Crippen molar-refractivity contribution in [2.24, 2.45) is 0 Å². The second-order valence-corrected chi connectivity index (χ2v) is 6.45. The van der Waals surface area contributed by atoms with Crippen molar-refractivity contribution in [1.82, 2.24) is 15.2 Å². The molecule has 0 aliphatic rings. The van der Waals surface area contributed by atoms with Gasteiger partial charge >= 0.3 is 0 Å². The molecule has 128 valence electrons. The zero-order chi connectivity index (χ0) is 18.0. The lowest BCUT2D eigenvalue weighted by molar-refractivity contribution is 0.102. The highest BCUT2D eigenvalue weighted by molar-refractivity contribution is 7.15. The Kier molecular flexibility index (Phi) is 4.71. The molecule has 3 aromatic rings. The van der Waals surface area contributed by atoms with Gasteiger partial charge in [-0.15, -0.1) is 10.2 Å². The number of nitrogens with one attached hydrogen (secondary N) is 1. The molecule has 0 unspecified atom stereocenters. The Bertz CT molecular complexity index is 942. The van der Waals surface area contributed by atoms with Gasteiger partial charge in [-0.3, -0.25) is 15.1 Å². The summed E-state index contributed by atoms with van der Waals surface area (Å²) in [4.78, 5) is 16.8. The van der Waals surface area contributed by atoms with Gasteiger partial charge in [0, 0.05) is 17.5 Å². The summed E-state index contributed by atoms with van der Waals surface area (Å²) in [7, 11) is 1.45. The first-order valence-electron chi connectivity index (χ1n) is 7.40. The van der Waals surface area contributed by atoms with Crippen molar-refractivity contribution >= 4 is 22.4 Å². The van der Waals surface area contributed by atoms with Crippen molar-refractivity contribution in [3.8, 4) is 16.9 Å². The third kappa shape index (κ3) is 3.48. The number of rotatable bonds is 4. The molecule has 0 spiro atoms. The minimum Gasteiger partial charge on any atom is -0.496 e. The van der Waals surface area contributed by atoms with E-state index in [2.05, 4.69) is 20.5 Å². The first-order valence-corrected chi connectivity index (χ1v) is 8.22. The number of ether oxygens (including phenoxy) is 1. The molecule has 2 aromatic heterocycles. The highest BCUT2D eigenvalue weighted by Gasteiger charge is 2.21. The maximum atomic E-state index is 14.5. The van der Waals surface area contributed by atoms with Crippen molar-refractivity contribution in [2.45, 2.75) is 13.8 Å². The minimum atomic E-state index is -0.481. The number of methoxy groups -OCH3 is 1. The summed E-state index contributed by atoms with van der Waals surface area (Å²) in [5, 5.41) is 11.5. The molecule has 25 heavy (non-hydrogen) atoms. The third-order valence-corrected chi connectivity index (χ3v) is 4.25. The number of benzene rings is 1. The van der Waals surface area contributed by atoms with E-state index in [4.69, 9.17) is 4.74 Å². The largest absolute Gasteiger partial charge is 0.496 e. The van der Waals surface area contributed by atoms with Gasteiger partial charge in [-0.2, -0.15) is 0 Å². The van der Waals surface area contributed by atoms with Crippen molar-refractivity contribution in [3.63, 3.8) is 0 Å². The maximum absolute atomic E-state index is 14.5. The quantitative estimate of drug-likeness (QED) is 0.771. The van der Waals surface area contributed by atoms with E-state index in [1.165, 1.54) is 30.7 Å². The van der Waals surface area contributed by atoms with Crippen LogP contribution in [0.4, 0.5) is 9.52 Å². The molecule has 0 fully saturated rings. The number of hydrogen-bond acceptors (Lipinski definition) is 6. The van der Waals surface area contributed by atoms with Crippen molar-refractivity contribution in [3.05, 3.63) is 52.5 Å². The van der Waals surface area contributed by atoms with E-state index in [0.29, 0.717) is 22.1 Å². The van der Waals surface area contributed by atoms with Crippen LogP contribution >= 0.6 is 11.3 Å². The fraction of sp³-hybridized carbons (Fsp3) is 0.176. The molecule has 0 saturated carbocycles. The van der Waals surface area contributed by atoms with Gasteiger partial charge in [0.1, 0.15) is 16.6 Å². The van der Waals surface area contributed by atoms with Crippen LogP contribution in [0.15, 0.2) is 30.5 Å². The number of hydrogen-bond donors (Lipinski definition) is 1. The number of carbonyl (C=O) groups excluding carboxylic acids is 1. The van der Waals surface area contributed by atoms with Crippen LogP contribution in [0, 0.1) is 19.7 Å². The average Bonchev–Trinajstić information content (AvgIpc) is 2.99. The second kappa shape index (κ2) is 6.94. The third-order valence-electron chi connectivity index (χ3n) is 3.50. The number of anilines is 1. The summed E-state index contributed by atoms with van der Waals surface area (Å²) in [6.45, 7) is 3.56. The van der Waals surface area contributed by atoms with Gasteiger partial charge in [-0.05, 0) is 32.0 Å². The summed E-state index contributed by atoms with van der Waals surface area (Å²) in [5.74, 6) is -0.582. The molecular weight excluding hydrogens is 343 g/mol. The molecule has 1 N–H and O–H groups in total. The van der Waals surface area contributed by atoms with Crippen LogP contribution in [0.3, 0.4) is 0 Å². The molecule has 1 amide bonds. The van der Waals surface area contributed by atoms with E-state index < -0.39 is 11.7 Å². The standard InChI is InChI=1S/C17H15FN4O2S/c1-9-7-11(15-13(18)5-4-6-14(15)24-3)12(8-19-9)16(23)20-17-22-21-10(2)25-17/h4-8H,1-3H3,(H,20,22,23). The van der Waals surface area contributed by atoms with Crippen LogP contribution in [0.25, 0.3) is 11.1 Å². The van der Waals surface area contributed by atoms with E-state index in [1.807, 2.05) is 0 Å². The van der Waals surface area contributed by atoms with Gasteiger partial charge in [0.15, 0.2) is 0 Å². The molecule has 2 heterocycles. The Labute approximate surface area is 147 Å². The Hall–Kier alpha value is -2.87. The van der Waals surface area contributed by atoms with Crippen LogP contribution in [0.1, 0.15) is 21.1 Å². The smallest absolute Gasteiger partial charge is 0.259 e. The minimum absolute atomic E-state index is 0.217. The van der Waals surface area contributed by atoms with Crippen molar-refractivity contribution < 1.29 is 13.9 Å². The molecule has 0 saturated heterocycles. The number of pyridine rings is 1. The molecule has 0 radical (unpaired) electrons. The highest BCUT2D eigenvalue weighted by atomic mass is 32.1. The summed E-state index contributed by atoms with van der Waals surface area (Å²) in [6.07, 6.45) is 1.42. The fourth-order valence-electron chi connectivity index (χ4n) is 2.39. The van der Waals surface area contributed by atoms with Crippen molar-refractivity contribution in [2.75, 3.05) is 12.4 Å². The monoisotopic (exact) mass is 358 g/mol. The Balaban J connectivity index is 2.09. The number of halogens is 1. The van der Waals surface area contributed by atoms with Gasteiger partial charge in [-0.25, -0.2) is 4.39 Å². The molecule has 0 aliphatic carbocycles. The molecule has 0 bridgehead atoms. The van der Waals surface area contributed by atoms with Gasteiger partial charge in [0.25, 0.3) is 5.91 Å². The van der Waals surface area contributed by atoms with Crippen LogP contribution < -0.4 is 10.1 Å². The maximum Gasteiger partial charge on any atom is 0.259 e. The van der Waals surface area contributed by atoms with E-state index in [0.717, 1.165) is 5.01 Å². The molecular formula is C17H15FN4O2S. The number of carbonyl (C=O) groups is 1. The van der Waals surface area contributed by atoms with Crippen LogP contribution in [-0.4, -0.2) is 28.2 Å². The number of amides is 1. The molecule has 3 rings (SSSR count). The van der Waals surface area contributed by atoms with Crippen LogP contribution in [0.5, 0.6) is 5.75 Å². The van der Waals surface area contributed by atoms with Crippen LogP contribution in [-0.2, 0) is 0 Å². The van der Waals surface area contributed by atoms with Gasteiger partial charge in [0.05, 0.1) is 18.2 Å². The van der Waals surface area contributed by atoms with E-state index in [-0.39, 0.29) is 11.1 Å². The lowest BCUT2D eigenvalue weighted by atomic mass is 9.98. The summed E-state index contributed by atoms with van der Waals surface area (Å²) < 4.78 is 19.7. The predicted molar refractivity (Wildman–Crippen MR) is 93.5 cm³/mol. The Morgan fingerprint density at radius 2 is 2.08 bits per heavy atom. The molecule has 6 nitrogen and oxygen atoms in total. The Morgan fingerprint density at radius 3 is 2.76 bits per heavy atom. The normalized spacial score (nSPS) is 10.6. The number of nitrogens with zero attached hydrogens (tertiary/aromatic N) is 3. The first kappa shape index (κ1) is 17.0. The van der Waals surface area contributed by atoms with Crippen LogP contribution in [0.2, 0.25) is 0 Å². The zero-order valence-electron chi connectivity index (χ0n) is 13.8. The SMILES string of the molecule is COc1cccc(F)c1-c1cc(C)ncc1C(=O)Nc1nnc(C)s1. The number of aryl methyl sites for hydroxylation is 2. The molecule has 8 heteroatoms. The van der Waals surface area contributed by atoms with E-state index >= 15 is 0 Å². The average molecular weight is 358 g/mol. The first-order chi connectivity index (χ1) is 12.0. The van der Waals surface area contributed by atoms with E-state index in [1.54, 1.807) is 32.0 Å². The fourth-order valence-corrected chi connectivity index (χ4v) is 2.98. The molecule has 0 aliphatic heterocycles. The predicted octanol–water partition coefficient (Wildman–Crippen LogP) is 3.62. The topological polar surface area (TPSA) is 77.0 Å². The summed E-state index contributed by atoms with van der Waals surface area (Å²) in [5.41, 5.74) is 1.50. The number of aromatic nitrogens is 3. The highest BCUT2D eigenvalue weighted by Crippen LogP contribution is 2.35. The Morgan fingerprint density at radius 1 is 1.28 bits per heavy atom. The van der Waals surface area contributed by atoms with Crippen molar-refractivity contribution in [1.29, 1.82) is 0 Å². The lowest BCUT2D eigenvalue weighted by Gasteiger charge is -2.14. The van der Waals surface area contributed by atoms with Gasteiger partial charge in [-0.1, -0.05) is 17.4 Å². The summed E-state index contributed by atoms with van der Waals surface area (Å²) >= 11 is 1.25. The zero-order valence-corrected chi connectivity index (χ0v) is 14.6. The lowest BCUT2D eigenvalue weighted by Crippen LogP contribution is -2.14. The molecule has 0 atom stereocenters. The molecule has 1 aromatic carbocycles. The summed E-state index contributed by atoms with van der Waals surface area (Å²) in [6, 6.07) is 6.17. The van der Waals surface area contributed by atoms with Gasteiger partial charge in [0.2, 0.25) is 5.13 Å². The second-order valence-electron chi connectivity index (χ2n) is 5.27.